The van der Waals surface area contributed by atoms with Crippen LogP contribution in [0.15, 0.2) is 18.2 Å². The average Bonchev–Trinajstić information content (AvgIpc) is 2.54. The Morgan fingerprint density at radius 2 is 1.83 bits per heavy atom. The number of ether oxygens (including phenoxy) is 2. The minimum atomic E-state index is -0.221. The van der Waals surface area contributed by atoms with Crippen LogP contribution in [0.2, 0.25) is 0 Å². The molecule has 1 aromatic rings. The van der Waals surface area contributed by atoms with Crippen LogP contribution in [0.25, 0.3) is 0 Å². The summed E-state index contributed by atoms with van der Waals surface area (Å²) in [5, 5.41) is 5.58. The van der Waals surface area contributed by atoms with Crippen molar-refractivity contribution in [3.8, 4) is 5.75 Å². The number of carbonyl (C=O) groups excluding carboxylic acids is 2. The van der Waals surface area contributed by atoms with E-state index in [1.807, 2.05) is 19.1 Å². The maximum absolute atomic E-state index is 11.7. The van der Waals surface area contributed by atoms with Gasteiger partial charge in [-0.15, -0.1) is 0 Å². The van der Waals surface area contributed by atoms with E-state index in [1.165, 1.54) is 7.11 Å². The molecule has 0 heterocycles. The zero-order chi connectivity index (χ0) is 17.1. The molecule has 0 aromatic heterocycles. The molecule has 0 fully saturated rings. The fourth-order valence-electron chi connectivity index (χ4n) is 2.17. The van der Waals surface area contributed by atoms with Crippen LogP contribution in [0.5, 0.6) is 5.75 Å². The molecule has 0 atom stereocenters. The maximum atomic E-state index is 11.7. The lowest BCUT2D eigenvalue weighted by Crippen LogP contribution is -2.37. The number of nitrogens with one attached hydrogen (secondary N) is 2. The normalized spacial score (nSPS) is 10.0. The molecule has 0 saturated carbocycles. The van der Waals surface area contributed by atoms with Gasteiger partial charge in [-0.3, -0.25) is 4.79 Å². The summed E-state index contributed by atoms with van der Waals surface area (Å²) in [5.74, 6) is 0.613. The van der Waals surface area contributed by atoms with E-state index in [-0.39, 0.29) is 12.0 Å². The molecule has 6 nitrogen and oxygen atoms in total. The van der Waals surface area contributed by atoms with Crippen molar-refractivity contribution in [2.45, 2.75) is 32.6 Å². The van der Waals surface area contributed by atoms with Crippen molar-refractivity contribution in [3.63, 3.8) is 0 Å². The zero-order valence-electron chi connectivity index (χ0n) is 14.1. The second-order valence-corrected chi connectivity index (χ2v) is 5.28. The third-order valence-electron chi connectivity index (χ3n) is 3.44. The first kappa shape index (κ1) is 18.8. The van der Waals surface area contributed by atoms with Crippen molar-refractivity contribution in [3.05, 3.63) is 29.3 Å². The van der Waals surface area contributed by atoms with Gasteiger partial charge in [-0.25, -0.2) is 4.79 Å². The van der Waals surface area contributed by atoms with Crippen molar-refractivity contribution >= 4 is 12.0 Å². The first-order valence-corrected chi connectivity index (χ1v) is 7.79. The van der Waals surface area contributed by atoms with E-state index in [0.717, 1.165) is 23.3 Å². The van der Waals surface area contributed by atoms with Crippen molar-refractivity contribution in [2.24, 2.45) is 0 Å². The molecular weight excluding hydrogens is 296 g/mol. The van der Waals surface area contributed by atoms with Gasteiger partial charge in [-0.1, -0.05) is 17.7 Å². The van der Waals surface area contributed by atoms with Gasteiger partial charge in [0.15, 0.2) is 0 Å². The Morgan fingerprint density at radius 1 is 1.09 bits per heavy atom. The second kappa shape index (κ2) is 10.5. The highest BCUT2D eigenvalue weighted by atomic mass is 16.5. The molecule has 0 radical (unpaired) electrons. The molecule has 0 aliphatic rings. The molecule has 2 N–H and O–H groups in total. The minimum absolute atomic E-state index is 0.199. The van der Waals surface area contributed by atoms with Gasteiger partial charge in [-0.05, 0) is 37.8 Å². The van der Waals surface area contributed by atoms with Gasteiger partial charge in [-0.2, -0.15) is 0 Å². The number of carbonyl (C=O) groups is 2. The first-order chi connectivity index (χ1) is 11.1. The van der Waals surface area contributed by atoms with Gasteiger partial charge in [0.25, 0.3) is 0 Å². The molecule has 0 aliphatic heterocycles. The van der Waals surface area contributed by atoms with Crippen LogP contribution in [-0.4, -0.2) is 39.3 Å². The van der Waals surface area contributed by atoms with Gasteiger partial charge >= 0.3 is 12.0 Å². The Kier molecular flexibility index (Phi) is 8.57. The van der Waals surface area contributed by atoms with E-state index in [0.29, 0.717) is 32.4 Å². The third-order valence-corrected chi connectivity index (χ3v) is 3.44. The molecule has 0 unspecified atom stereocenters. The molecular formula is C17H26N2O4. The van der Waals surface area contributed by atoms with Crippen molar-refractivity contribution in [1.29, 1.82) is 0 Å². The fourth-order valence-corrected chi connectivity index (χ4v) is 2.17. The predicted molar refractivity (Wildman–Crippen MR) is 88.7 cm³/mol. The summed E-state index contributed by atoms with van der Waals surface area (Å²) in [7, 11) is 3.01. The molecule has 128 valence electrons. The third kappa shape index (κ3) is 7.54. The lowest BCUT2D eigenvalue weighted by atomic mass is 10.1. The topological polar surface area (TPSA) is 76.7 Å². The Balaban J connectivity index is 2.19. The summed E-state index contributed by atoms with van der Waals surface area (Å²) in [6, 6.07) is 5.79. The number of hydrogen-bond donors (Lipinski definition) is 2. The summed E-state index contributed by atoms with van der Waals surface area (Å²) in [6.07, 6.45) is 2.54. The number of hydrogen-bond acceptors (Lipinski definition) is 4. The molecule has 0 bridgehead atoms. The molecule has 23 heavy (non-hydrogen) atoms. The van der Waals surface area contributed by atoms with Crippen LogP contribution in [0.4, 0.5) is 4.79 Å². The largest absolute Gasteiger partial charge is 0.496 e. The predicted octanol–water partition coefficient (Wildman–Crippen LogP) is 2.19. The quantitative estimate of drug-likeness (QED) is 0.540. The summed E-state index contributed by atoms with van der Waals surface area (Å²) >= 11 is 0. The highest BCUT2D eigenvalue weighted by molar-refractivity contribution is 5.73. The van der Waals surface area contributed by atoms with Crippen molar-refractivity contribution in [1.82, 2.24) is 10.6 Å². The monoisotopic (exact) mass is 322 g/mol. The van der Waals surface area contributed by atoms with Crippen molar-refractivity contribution in [2.75, 3.05) is 27.3 Å². The number of benzene rings is 1. The number of esters is 1. The lowest BCUT2D eigenvalue weighted by Gasteiger charge is -2.11. The second-order valence-electron chi connectivity index (χ2n) is 5.28. The van der Waals surface area contributed by atoms with Crippen LogP contribution < -0.4 is 15.4 Å². The molecule has 0 saturated heterocycles. The van der Waals surface area contributed by atoms with Crippen LogP contribution in [0.1, 0.15) is 30.4 Å². The zero-order valence-corrected chi connectivity index (χ0v) is 14.1. The van der Waals surface area contributed by atoms with Gasteiger partial charge in [0.2, 0.25) is 0 Å². The molecule has 1 aromatic carbocycles. The number of urea groups is 1. The number of amides is 2. The van der Waals surface area contributed by atoms with Crippen LogP contribution in [0.3, 0.4) is 0 Å². The summed E-state index contributed by atoms with van der Waals surface area (Å²) < 4.78 is 9.86. The number of unbranched alkanes of at least 4 members (excludes halogenated alkanes) is 1. The number of methoxy groups -OCH3 is 2. The first-order valence-electron chi connectivity index (χ1n) is 7.79. The van der Waals surface area contributed by atoms with E-state index >= 15 is 0 Å². The highest BCUT2D eigenvalue weighted by Crippen LogP contribution is 2.19. The smallest absolute Gasteiger partial charge is 0.314 e. The van der Waals surface area contributed by atoms with E-state index in [2.05, 4.69) is 21.4 Å². The molecule has 0 spiro atoms. The van der Waals surface area contributed by atoms with Crippen molar-refractivity contribution < 1.29 is 19.1 Å². The molecule has 6 heteroatoms. The van der Waals surface area contributed by atoms with Crippen LogP contribution in [-0.2, 0) is 16.0 Å². The molecule has 2 amide bonds. The van der Waals surface area contributed by atoms with E-state index in [9.17, 15) is 9.59 Å². The van der Waals surface area contributed by atoms with E-state index in [1.54, 1.807) is 7.11 Å². The van der Waals surface area contributed by atoms with Gasteiger partial charge in [0.1, 0.15) is 5.75 Å². The summed E-state index contributed by atoms with van der Waals surface area (Å²) in [5.41, 5.74) is 2.24. The standard InChI is InChI=1S/C17H26N2O4/c1-13-7-8-15(22-2)14(12-13)9-11-19-17(21)18-10-5-4-6-16(20)23-3/h7-8,12H,4-6,9-11H2,1-3H3,(H2,18,19,21). The summed E-state index contributed by atoms with van der Waals surface area (Å²) in [4.78, 5) is 22.6. The Bertz CT molecular complexity index is 517. The SMILES string of the molecule is COC(=O)CCCCNC(=O)NCCc1cc(C)ccc1OC. The van der Waals surface area contributed by atoms with Gasteiger partial charge < -0.3 is 20.1 Å². The Labute approximate surface area is 137 Å². The van der Waals surface area contributed by atoms with E-state index < -0.39 is 0 Å². The number of aryl methyl sites for hydroxylation is 1. The Hall–Kier alpha value is -2.24. The van der Waals surface area contributed by atoms with Crippen LogP contribution >= 0.6 is 0 Å². The maximum Gasteiger partial charge on any atom is 0.314 e. The molecule has 0 aliphatic carbocycles. The Morgan fingerprint density at radius 3 is 2.52 bits per heavy atom. The minimum Gasteiger partial charge on any atom is -0.496 e. The van der Waals surface area contributed by atoms with E-state index in [4.69, 9.17) is 4.74 Å². The number of rotatable bonds is 9. The van der Waals surface area contributed by atoms with Gasteiger partial charge in [0.05, 0.1) is 14.2 Å². The van der Waals surface area contributed by atoms with Gasteiger partial charge in [0, 0.05) is 19.5 Å². The lowest BCUT2D eigenvalue weighted by molar-refractivity contribution is -0.140. The fraction of sp³-hybridized carbons (Fsp3) is 0.529. The van der Waals surface area contributed by atoms with Crippen LogP contribution in [0, 0.1) is 6.92 Å². The molecule has 1 rings (SSSR count). The highest BCUT2D eigenvalue weighted by Gasteiger charge is 2.05. The summed E-state index contributed by atoms with van der Waals surface area (Å²) in [6.45, 7) is 3.10. The average molecular weight is 322 g/mol.